The smallest absolute Gasteiger partial charge is 0.349 e. The van der Waals surface area contributed by atoms with Crippen LogP contribution in [0.15, 0.2) is 33.5 Å². The predicted molar refractivity (Wildman–Crippen MR) is 82.5 cm³/mol. The van der Waals surface area contributed by atoms with Gasteiger partial charge in [-0.3, -0.25) is 9.52 Å². The number of carbonyl (C=O) groups excluding carboxylic acids is 1. The van der Waals surface area contributed by atoms with Crippen LogP contribution in [0.1, 0.15) is 24.2 Å². The first kappa shape index (κ1) is 14.5. The molecule has 0 unspecified atom stereocenters. The molecule has 0 radical (unpaired) electrons. The number of benzene rings is 1. The van der Waals surface area contributed by atoms with Crippen molar-refractivity contribution in [2.45, 2.75) is 13.8 Å². The molecular formula is C14H16N2O3S. The number of rotatable bonds is 4. The Morgan fingerprint density at radius 2 is 2.00 bits per heavy atom. The maximum atomic E-state index is 11.8. The van der Waals surface area contributed by atoms with Crippen LogP contribution < -0.4 is 15.2 Å². The summed E-state index contributed by atoms with van der Waals surface area (Å²) >= 11 is 3.65. The van der Waals surface area contributed by atoms with Crippen molar-refractivity contribution in [1.29, 1.82) is 0 Å². The van der Waals surface area contributed by atoms with Gasteiger partial charge in [0.05, 0.1) is 0 Å². The summed E-state index contributed by atoms with van der Waals surface area (Å²) in [6.07, 6.45) is 0. The van der Waals surface area contributed by atoms with E-state index in [9.17, 15) is 9.59 Å². The van der Waals surface area contributed by atoms with Gasteiger partial charge in [0.15, 0.2) is 0 Å². The molecule has 1 amide bonds. The lowest BCUT2D eigenvalue weighted by Gasteiger charge is -2.20. The number of carbonyl (C=O) groups is 1. The molecule has 1 aromatic carbocycles. The van der Waals surface area contributed by atoms with E-state index in [0.717, 1.165) is 18.8 Å². The van der Waals surface area contributed by atoms with Crippen molar-refractivity contribution in [3.8, 4) is 0 Å². The highest BCUT2D eigenvalue weighted by Crippen LogP contribution is 2.21. The SMILES string of the molecule is CCN(CC)c1ccc2cc(C(=O)NS)c(=O)oc2c1. The van der Waals surface area contributed by atoms with Crippen molar-refractivity contribution in [2.24, 2.45) is 0 Å². The van der Waals surface area contributed by atoms with Gasteiger partial charge in [-0.05, 0) is 32.0 Å². The molecule has 0 aliphatic rings. The monoisotopic (exact) mass is 292 g/mol. The van der Waals surface area contributed by atoms with Gasteiger partial charge in [0.1, 0.15) is 11.1 Å². The Labute approximate surface area is 122 Å². The Hall–Kier alpha value is -1.95. The number of fused-ring (bicyclic) bond motifs is 1. The fraction of sp³-hybridized carbons (Fsp3) is 0.286. The molecule has 1 heterocycles. The van der Waals surface area contributed by atoms with Gasteiger partial charge in [-0.15, -0.1) is 0 Å². The molecular weight excluding hydrogens is 276 g/mol. The van der Waals surface area contributed by atoms with E-state index in [1.54, 1.807) is 0 Å². The van der Waals surface area contributed by atoms with Crippen LogP contribution in [0.4, 0.5) is 5.69 Å². The maximum absolute atomic E-state index is 11.8. The molecule has 0 saturated heterocycles. The summed E-state index contributed by atoms with van der Waals surface area (Å²) in [4.78, 5) is 25.4. The molecule has 1 N–H and O–H groups in total. The predicted octanol–water partition coefficient (Wildman–Crippen LogP) is 2.21. The second-order valence-electron chi connectivity index (χ2n) is 4.28. The Balaban J connectivity index is 2.55. The number of anilines is 1. The molecule has 0 aliphatic heterocycles. The van der Waals surface area contributed by atoms with Crippen molar-refractivity contribution in [3.63, 3.8) is 0 Å². The summed E-state index contributed by atoms with van der Waals surface area (Å²) in [6.45, 7) is 5.85. The van der Waals surface area contributed by atoms with Gasteiger partial charge in [-0.1, -0.05) is 12.8 Å². The zero-order valence-corrected chi connectivity index (χ0v) is 12.2. The fourth-order valence-electron chi connectivity index (χ4n) is 2.10. The molecule has 1 aromatic heterocycles. The molecule has 5 nitrogen and oxygen atoms in total. The van der Waals surface area contributed by atoms with E-state index in [2.05, 4.69) is 36.3 Å². The molecule has 2 rings (SSSR count). The van der Waals surface area contributed by atoms with E-state index < -0.39 is 11.5 Å². The molecule has 2 aromatic rings. The number of nitrogens with one attached hydrogen (secondary N) is 1. The molecule has 0 spiro atoms. The Morgan fingerprint density at radius 1 is 1.30 bits per heavy atom. The van der Waals surface area contributed by atoms with Crippen LogP contribution in [-0.2, 0) is 0 Å². The topological polar surface area (TPSA) is 62.6 Å². The maximum Gasteiger partial charge on any atom is 0.349 e. The summed E-state index contributed by atoms with van der Waals surface area (Å²) in [6, 6.07) is 7.10. The quantitative estimate of drug-likeness (QED) is 0.670. The van der Waals surface area contributed by atoms with Crippen molar-refractivity contribution in [2.75, 3.05) is 18.0 Å². The summed E-state index contributed by atoms with van der Waals surface area (Å²) in [5.41, 5.74) is 0.732. The van der Waals surface area contributed by atoms with Gasteiger partial charge in [-0.2, -0.15) is 0 Å². The van der Waals surface area contributed by atoms with Crippen LogP contribution in [0.3, 0.4) is 0 Å². The first-order valence-electron chi connectivity index (χ1n) is 6.38. The average molecular weight is 292 g/mol. The number of hydrogen-bond donors (Lipinski definition) is 2. The zero-order valence-electron chi connectivity index (χ0n) is 11.3. The lowest BCUT2D eigenvalue weighted by Crippen LogP contribution is -2.22. The molecule has 0 saturated carbocycles. The number of nitrogens with zero attached hydrogens (tertiary/aromatic N) is 1. The third-order valence-electron chi connectivity index (χ3n) is 3.19. The van der Waals surface area contributed by atoms with Crippen LogP contribution in [0.25, 0.3) is 11.0 Å². The normalized spacial score (nSPS) is 10.6. The summed E-state index contributed by atoms with van der Waals surface area (Å²) in [7, 11) is 0. The van der Waals surface area contributed by atoms with Gasteiger partial charge >= 0.3 is 5.63 Å². The second kappa shape index (κ2) is 6.00. The number of thiol groups is 1. The molecule has 20 heavy (non-hydrogen) atoms. The Bertz CT molecular complexity index is 692. The largest absolute Gasteiger partial charge is 0.422 e. The standard InChI is InChI=1S/C14H16N2O3S/c1-3-16(4-2)10-6-5-9-7-11(13(17)15-20)14(18)19-12(9)8-10/h5-8,20H,3-4H2,1-2H3,(H,15,17). The third-order valence-corrected chi connectivity index (χ3v) is 3.40. The van der Waals surface area contributed by atoms with Crippen LogP contribution >= 0.6 is 12.8 Å². The minimum atomic E-state index is -0.666. The first-order chi connectivity index (χ1) is 9.60. The van der Waals surface area contributed by atoms with E-state index in [1.165, 1.54) is 6.07 Å². The van der Waals surface area contributed by atoms with Crippen LogP contribution in [-0.4, -0.2) is 19.0 Å². The minimum Gasteiger partial charge on any atom is -0.422 e. The lowest BCUT2D eigenvalue weighted by atomic mass is 10.1. The van der Waals surface area contributed by atoms with E-state index in [-0.39, 0.29) is 5.56 Å². The van der Waals surface area contributed by atoms with Crippen LogP contribution in [0.5, 0.6) is 0 Å². The summed E-state index contributed by atoms with van der Waals surface area (Å²) in [5, 5.41) is 0.701. The van der Waals surface area contributed by atoms with Crippen molar-refractivity contribution < 1.29 is 9.21 Å². The molecule has 0 bridgehead atoms. The zero-order chi connectivity index (χ0) is 14.7. The van der Waals surface area contributed by atoms with Gasteiger partial charge in [-0.25, -0.2) is 4.79 Å². The highest BCUT2D eigenvalue weighted by Gasteiger charge is 2.13. The Kier molecular flexibility index (Phi) is 4.34. The summed E-state index contributed by atoms with van der Waals surface area (Å²) < 4.78 is 7.34. The van der Waals surface area contributed by atoms with Crippen LogP contribution in [0.2, 0.25) is 0 Å². The molecule has 0 fully saturated rings. The molecule has 0 atom stereocenters. The van der Waals surface area contributed by atoms with Gasteiger partial charge in [0, 0.05) is 30.2 Å². The second-order valence-corrected chi connectivity index (χ2v) is 4.51. The van der Waals surface area contributed by atoms with E-state index in [1.807, 2.05) is 18.2 Å². The van der Waals surface area contributed by atoms with Crippen molar-refractivity contribution in [3.05, 3.63) is 40.2 Å². The summed E-state index contributed by atoms with van der Waals surface area (Å²) in [5.74, 6) is -0.572. The van der Waals surface area contributed by atoms with Gasteiger partial charge < -0.3 is 9.32 Å². The van der Waals surface area contributed by atoms with Gasteiger partial charge in [0.25, 0.3) is 5.91 Å². The highest BCUT2D eigenvalue weighted by atomic mass is 32.1. The number of hydrogen-bond acceptors (Lipinski definition) is 5. The van der Waals surface area contributed by atoms with Crippen molar-refractivity contribution >= 4 is 35.4 Å². The first-order valence-corrected chi connectivity index (χ1v) is 6.82. The van der Waals surface area contributed by atoms with E-state index >= 15 is 0 Å². The van der Waals surface area contributed by atoms with Crippen LogP contribution in [0, 0.1) is 0 Å². The third kappa shape index (κ3) is 2.65. The highest BCUT2D eigenvalue weighted by molar-refractivity contribution is 7.78. The number of amides is 1. The minimum absolute atomic E-state index is 0.0527. The van der Waals surface area contributed by atoms with E-state index in [0.29, 0.717) is 11.0 Å². The fourth-order valence-corrected chi connectivity index (χ4v) is 2.22. The molecule has 6 heteroatoms. The van der Waals surface area contributed by atoms with E-state index in [4.69, 9.17) is 4.42 Å². The lowest BCUT2D eigenvalue weighted by molar-refractivity contribution is 0.0981. The average Bonchev–Trinajstić information content (AvgIpc) is 2.47. The van der Waals surface area contributed by atoms with Crippen molar-refractivity contribution in [1.82, 2.24) is 4.72 Å². The Morgan fingerprint density at radius 3 is 2.60 bits per heavy atom. The van der Waals surface area contributed by atoms with Gasteiger partial charge in [0.2, 0.25) is 0 Å². The molecule has 0 aliphatic carbocycles. The molecule has 106 valence electrons.